The highest BCUT2D eigenvalue weighted by molar-refractivity contribution is 5.79. The van der Waals surface area contributed by atoms with E-state index in [-0.39, 0.29) is 29.6 Å². The fourth-order valence-corrected chi connectivity index (χ4v) is 4.04. The second kappa shape index (κ2) is 9.21. The molecule has 1 aliphatic rings. The average Bonchev–Trinajstić information content (AvgIpc) is 2.77. The summed E-state index contributed by atoms with van der Waals surface area (Å²) < 4.78 is 14.0. The van der Waals surface area contributed by atoms with Gasteiger partial charge < -0.3 is 21.7 Å². The summed E-state index contributed by atoms with van der Waals surface area (Å²) in [6.45, 7) is 2.72. The average molecular weight is 435 g/mol. The molecule has 1 aliphatic heterocycles. The van der Waals surface area contributed by atoms with E-state index in [1.54, 1.807) is 12.1 Å². The van der Waals surface area contributed by atoms with Gasteiger partial charge in [0.15, 0.2) is 0 Å². The minimum Gasteiger partial charge on any atom is -0.396 e. The van der Waals surface area contributed by atoms with Crippen molar-refractivity contribution in [2.24, 2.45) is 0 Å². The van der Waals surface area contributed by atoms with E-state index >= 15 is 0 Å². The third kappa shape index (κ3) is 4.96. The first-order valence-corrected chi connectivity index (χ1v) is 10.7. The van der Waals surface area contributed by atoms with Crippen molar-refractivity contribution in [1.29, 1.82) is 0 Å². The number of carbonyl (C=O) groups excluding carboxylic acids is 1. The SMILES string of the molecule is C[C@@H]1CC[C@H](NC(=O)Cc2ccccc2)CN1c1cc(-c2ccc(N)c(F)c2)nc(N)n1. The fraction of sp³-hybridized carbons (Fsp3) is 0.292. The van der Waals surface area contributed by atoms with Crippen molar-refractivity contribution in [3.63, 3.8) is 0 Å². The van der Waals surface area contributed by atoms with Gasteiger partial charge in [0.25, 0.3) is 0 Å². The van der Waals surface area contributed by atoms with Crippen LogP contribution in [-0.2, 0) is 11.2 Å². The van der Waals surface area contributed by atoms with Crippen molar-refractivity contribution >= 4 is 23.4 Å². The Kier molecular flexibility index (Phi) is 6.20. The lowest BCUT2D eigenvalue weighted by atomic mass is 9.98. The zero-order valence-corrected chi connectivity index (χ0v) is 18.0. The van der Waals surface area contributed by atoms with E-state index in [2.05, 4.69) is 27.1 Å². The molecule has 7 nitrogen and oxygen atoms in total. The number of halogens is 1. The molecule has 0 unspecified atom stereocenters. The van der Waals surface area contributed by atoms with Gasteiger partial charge in [0.1, 0.15) is 11.6 Å². The molecule has 1 fully saturated rings. The van der Waals surface area contributed by atoms with Crippen LogP contribution < -0.4 is 21.7 Å². The summed E-state index contributed by atoms with van der Waals surface area (Å²) in [5.41, 5.74) is 13.7. The van der Waals surface area contributed by atoms with E-state index in [1.807, 2.05) is 30.3 Å². The summed E-state index contributed by atoms with van der Waals surface area (Å²) in [6, 6.07) is 16.2. The molecule has 166 valence electrons. The first-order chi connectivity index (χ1) is 15.4. The van der Waals surface area contributed by atoms with Crippen LogP contribution in [0.25, 0.3) is 11.3 Å². The van der Waals surface area contributed by atoms with Crippen molar-refractivity contribution in [3.05, 3.63) is 66.0 Å². The number of hydrogen-bond acceptors (Lipinski definition) is 6. The van der Waals surface area contributed by atoms with Crippen LogP contribution in [-0.4, -0.2) is 34.5 Å². The first-order valence-electron chi connectivity index (χ1n) is 10.7. The van der Waals surface area contributed by atoms with E-state index in [1.165, 1.54) is 12.1 Å². The Morgan fingerprint density at radius 2 is 1.91 bits per heavy atom. The van der Waals surface area contributed by atoms with Gasteiger partial charge in [0.2, 0.25) is 11.9 Å². The fourth-order valence-electron chi connectivity index (χ4n) is 4.04. The van der Waals surface area contributed by atoms with Gasteiger partial charge in [-0.15, -0.1) is 0 Å². The third-order valence-electron chi connectivity index (χ3n) is 5.78. The molecule has 0 aliphatic carbocycles. The summed E-state index contributed by atoms with van der Waals surface area (Å²) in [4.78, 5) is 23.3. The molecule has 4 rings (SSSR count). The van der Waals surface area contributed by atoms with Crippen molar-refractivity contribution in [1.82, 2.24) is 15.3 Å². The Balaban J connectivity index is 1.51. The Labute approximate surface area is 186 Å². The van der Waals surface area contributed by atoms with Crippen molar-refractivity contribution in [2.45, 2.75) is 38.3 Å². The van der Waals surface area contributed by atoms with Crippen LogP contribution in [0.15, 0.2) is 54.6 Å². The maximum absolute atomic E-state index is 14.0. The van der Waals surface area contributed by atoms with Gasteiger partial charge in [-0.2, -0.15) is 4.98 Å². The number of piperidine rings is 1. The predicted octanol–water partition coefficient (Wildman–Crippen LogP) is 3.16. The molecule has 8 heteroatoms. The van der Waals surface area contributed by atoms with Crippen molar-refractivity contribution in [2.75, 3.05) is 22.9 Å². The predicted molar refractivity (Wildman–Crippen MR) is 124 cm³/mol. The van der Waals surface area contributed by atoms with Crippen LogP contribution in [0, 0.1) is 5.82 Å². The zero-order chi connectivity index (χ0) is 22.7. The van der Waals surface area contributed by atoms with Gasteiger partial charge in [-0.05, 0) is 37.5 Å². The van der Waals surface area contributed by atoms with E-state index in [4.69, 9.17) is 11.5 Å². The van der Waals surface area contributed by atoms with Crippen LogP contribution in [0.3, 0.4) is 0 Å². The van der Waals surface area contributed by atoms with Crippen LogP contribution in [0.2, 0.25) is 0 Å². The number of benzene rings is 2. The van der Waals surface area contributed by atoms with Crippen molar-refractivity contribution < 1.29 is 9.18 Å². The molecular weight excluding hydrogens is 407 g/mol. The summed E-state index contributed by atoms with van der Waals surface area (Å²) in [6.07, 6.45) is 2.13. The largest absolute Gasteiger partial charge is 0.396 e. The molecule has 2 aromatic carbocycles. The Bertz CT molecular complexity index is 1110. The maximum Gasteiger partial charge on any atom is 0.224 e. The first kappa shape index (κ1) is 21.5. The van der Waals surface area contributed by atoms with E-state index in [0.717, 1.165) is 18.4 Å². The summed E-state index contributed by atoms with van der Waals surface area (Å²) in [7, 11) is 0. The quantitative estimate of drug-likeness (QED) is 0.532. The normalized spacial score (nSPS) is 18.4. The van der Waals surface area contributed by atoms with Gasteiger partial charge in [-0.3, -0.25) is 4.79 Å². The number of nitrogens with zero attached hydrogens (tertiary/aromatic N) is 3. The number of hydrogen-bond donors (Lipinski definition) is 3. The topological polar surface area (TPSA) is 110 Å². The molecule has 5 N–H and O–H groups in total. The zero-order valence-electron chi connectivity index (χ0n) is 18.0. The van der Waals surface area contributed by atoms with Crippen LogP contribution >= 0.6 is 0 Å². The molecule has 32 heavy (non-hydrogen) atoms. The lowest BCUT2D eigenvalue weighted by molar-refractivity contribution is -0.121. The van der Waals surface area contributed by atoms with Crippen LogP contribution in [0.5, 0.6) is 0 Å². The molecule has 3 aromatic rings. The van der Waals surface area contributed by atoms with Crippen LogP contribution in [0.4, 0.5) is 21.8 Å². The lowest BCUT2D eigenvalue weighted by Gasteiger charge is -2.39. The standard InChI is InChI=1S/C24H27FN6O/c1-15-7-9-18(28-23(32)11-16-5-3-2-4-6-16)14-31(15)22-13-21(29-24(27)30-22)17-8-10-20(26)19(25)12-17/h2-6,8,10,12-13,15,18H,7,9,11,14,26H2,1H3,(H,28,32)(H2,27,29,30)/t15-,18+/m1/s1. The highest BCUT2D eigenvalue weighted by Crippen LogP contribution is 2.29. The van der Waals surface area contributed by atoms with Gasteiger partial charge in [0.05, 0.1) is 17.8 Å². The smallest absolute Gasteiger partial charge is 0.224 e. The van der Waals surface area contributed by atoms with E-state index < -0.39 is 5.82 Å². The molecule has 2 heterocycles. The number of aromatic nitrogens is 2. The molecule has 0 radical (unpaired) electrons. The van der Waals surface area contributed by atoms with Gasteiger partial charge in [-0.25, -0.2) is 9.37 Å². The number of nitrogens with one attached hydrogen (secondary N) is 1. The molecule has 0 saturated carbocycles. The van der Waals surface area contributed by atoms with Gasteiger partial charge in [-0.1, -0.05) is 36.4 Å². The third-order valence-corrected chi connectivity index (χ3v) is 5.78. The Morgan fingerprint density at radius 1 is 1.12 bits per heavy atom. The molecular formula is C24H27FN6O. The molecule has 0 spiro atoms. The molecule has 1 aromatic heterocycles. The summed E-state index contributed by atoms with van der Waals surface area (Å²) in [5.74, 6) is 0.251. The van der Waals surface area contributed by atoms with E-state index in [9.17, 15) is 9.18 Å². The van der Waals surface area contributed by atoms with Gasteiger partial charge in [0, 0.05) is 30.3 Å². The molecule has 0 bridgehead atoms. The van der Waals surface area contributed by atoms with Crippen LogP contribution in [0.1, 0.15) is 25.3 Å². The Morgan fingerprint density at radius 3 is 2.66 bits per heavy atom. The minimum atomic E-state index is -0.506. The number of anilines is 3. The van der Waals surface area contributed by atoms with Crippen molar-refractivity contribution in [3.8, 4) is 11.3 Å². The maximum atomic E-state index is 14.0. The lowest BCUT2D eigenvalue weighted by Crippen LogP contribution is -2.51. The number of nitrogens with two attached hydrogens (primary N) is 2. The monoisotopic (exact) mass is 434 g/mol. The number of rotatable bonds is 5. The minimum absolute atomic E-state index is 0.00369. The number of amides is 1. The van der Waals surface area contributed by atoms with E-state index in [0.29, 0.717) is 30.0 Å². The number of carbonyl (C=O) groups is 1. The summed E-state index contributed by atoms with van der Waals surface area (Å²) in [5, 5.41) is 3.14. The molecule has 2 atom stereocenters. The second-order valence-corrected chi connectivity index (χ2v) is 8.21. The second-order valence-electron chi connectivity index (χ2n) is 8.21. The highest BCUT2D eigenvalue weighted by Gasteiger charge is 2.28. The summed E-state index contributed by atoms with van der Waals surface area (Å²) >= 11 is 0. The molecule has 1 amide bonds. The number of nitrogen functional groups attached to an aromatic ring is 2. The Hall–Kier alpha value is -3.68. The van der Waals surface area contributed by atoms with Gasteiger partial charge >= 0.3 is 0 Å². The molecule has 1 saturated heterocycles. The highest BCUT2D eigenvalue weighted by atomic mass is 19.1.